The summed E-state index contributed by atoms with van der Waals surface area (Å²) >= 11 is 1.61. The molecular formula is C16H18N2OS. The molecular weight excluding hydrogens is 268 g/mol. The van der Waals surface area contributed by atoms with Crippen molar-refractivity contribution in [3.63, 3.8) is 0 Å². The summed E-state index contributed by atoms with van der Waals surface area (Å²) in [7, 11) is 0. The fraction of sp³-hybridized carbons (Fsp3) is 0.312. The highest BCUT2D eigenvalue weighted by Crippen LogP contribution is 2.15. The maximum atomic E-state index is 10.2. The minimum absolute atomic E-state index is 0.387. The van der Waals surface area contributed by atoms with E-state index in [9.17, 15) is 5.11 Å². The molecule has 1 atom stereocenters. The molecule has 2 aromatic heterocycles. The first-order chi connectivity index (χ1) is 9.61. The molecule has 0 saturated carbocycles. The zero-order valence-electron chi connectivity index (χ0n) is 11.7. The number of imidazole rings is 1. The third-order valence-corrected chi connectivity index (χ3v) is 4.40. The number of fused-ring (bicyclic) bond motifs is 1. The van der Waals surface area contributed by atoms with Crippen molar-refractivity contribution in [1.29, 1.82) is 0 Å². The quantitative estimate of drug-likeness (QED) is 0.800. The zero-order valence-corrected chi connectivity index (χ0v) is 12.5. The molecule has 0 bridgehead atoms. The van der Waals surface area contributed by atoms with Crippen LogP contribution in [0.1, 0.15) is 22.4 Å². The first-order valence-corrected chi connectivity index (χ1v) is 7.65. The average molecular weight is 286 g/mol. The Morgan fingerprint density at radius 2 is 2.10 bits per heavy atom. The molecule has 1 aromatic carbocycles. The molecule has 0 saturated heterocycles. The molecule has 0 aliphatic rings. The molecule has 0 fully saturated rings. The Kier molecular flexibility index (Phi) is 3.59. The first kappa shape index (κ1) is 13.3. The van der Waals surface area contributed by atoms with Gasteiger partial charge in [-0.15, -0.1) is 11.3 Å². The van der Waals surface area contributed by atoms with Crippen LogP contribution in [0.5, 0.6) is 0 Å². The molecule has 1 unspecified atom stereocenters. The number of nitrogens with zero attached hydrogens (tertiary/aromatic N) is 2. The summed E-state index contributed by atoms with van der Waals surface area (Å²) < 4.78 is 2.00. The second kappa shape index (κ2) is 5.38. The van der Waals surface area contributed by atoms with Crippen molar-refractivity contribution in [3.05, 3.63) is 58.4 Å². The molecule has 1 N–H and O–H groups in total. The molecule has 3 aromatic rings. The maximum absolute atomic E-state index is 10.2. The highest BCUT2D eigenvalue weighted by molar-refractivity contribution is 7.15. The molecule has 0 amide bonds. The number of aliphatic hydroxyl groups is 1. The number of thiazole rings is 1. The van der Waals surface area contributed by atoms with E-state index in [1.54, 1.807) is 11.3 Å². The van der Waals surface area contributed by atoms with Gasteiger partial charge in [0.05, 0.1) is 11.8 Å². The van der Waals surface area contributed by atoms with Gasteiger partial charge in [0.25, 0.3) is 0 Å². The summed E-state index contributed by atoms with van der Waals surface area (Å²) in [6.45, 7) is 4.21. The van der Waals surface area contributed by atoms with E-state index in [4.69, 9.17) is 0 Å². The van der Waals surface area contributed by atoms with Crippen LogP contribution in [0.15, 0.2) is 36.0 Å². The van der Waals surface area contributed by atoms with Gasteiger partial charge in [-0.05, 0) is 37.0 Å². The molecule has 0 spiro atoms. The van der Waals surface area contributed by atoms with Gasteiger partial charge in [0.1, 0.15) is 0 Å². The van der Waals surface area contributed by atoms with Gasteiger partial charge in [-0.25, -0.2) is 4.98 Å². The smallest absolute Gasteiger partial charge is 0.193 e. The van der Waals surface area contributed by atoms with Crippen LogP contribution in [0.3, 0.4) is 0 Å². The Hall–Kier alpha value is -1.65. The summed E-state index contributed by atoms with van der Waals surface area (Å²) in [5, 5.41) is 12.2. The van der Waals surface area contributed by atoms with E-state index in [1.807, 2.05) is 22.2 Å². The van der Waals surface area contributed by atoms with Crippen LogP contribution < -0.4 is 0 Å². The van der Waals surface area contributed by atoms with Crippen molar-refractivity contribution in [2.24, 2.45) is 0 Å². The summed E-state index contributed by atoms with van der Waals surface area (Å²) in [5.41, 5.74) is 4.70. The summed E-state index contributed by atoms with van der Waals surface area (Å²) in [5.74, 6) is 0. The van der Waals surface area contributed by atoms with Crippen molar-refractivity contribution < 1.29 is 5.11 Å². The van der Waals surface area contributed by atoms with Crippen molar-refractivity contribution in [1.82, 2.24) is 9.38 Å². The molecule has 0 radical (unpaired) electrons. The first-order valence-electron chi connectivity index (χ1n) is 6.77. The van der Waals surface area contributed by atoms with Gasteiger partial charge in [-0.2, -0.15) is 0 Å². The Morgan fingerprint density at radius 3 is 2.85 bits per heavy atom. The van der Waals surface area contributed by atoms with Crippen molar-refractivity contribution in [2.75, 3.05) is 0 Å². The zero-order chi connectivity index (χ0) is 14.1. The maximum Gasteiger partial charge on any atom is 0.193 e. The molecule has 0 aliphatic carbocycles. The number of hydrogen-bond donors (Lipinski definition) is 1. The fourth-order valence-corrected chi connectivity index (χ4v) is 3.11. The van der Waals surface area contributed by atoms with Gasteiger partial charge < -0.3 is 5.11 Å². The molecule has 3 rings (SSSR count). The number of aliphatic hydroxyl groups excluding tert-OH is 1. The highest BCUT2D eigenvalue weighted by atomic mass is 32.1. The van der Waals surface area contributed by atoms with E-state index >= 15 is 0 Å². The van der Waals surface area contributed by atoms with Gasteiger partial charge in [0.2, 0.25) is 0 Å². The highest BCUT2D eigenvalue weighted by Gasteiger charge is 2.11. The van der Waals surface area contributed by atoms with E-state index in [-0.39, 0.29) is 6.10 Å². The minimum Gasteiger partial charge on any atom is -0.392 e. The third kappa shape index (κ3) is 2.76. The van der Waals surface area contributed by atoms with E-state index in [2.05, 4.69) is 37.0 Å². The predicted octanol–water partition coefficient (Wildman–Crippen LogP) is 3.16. The molecule has 20 heavy (non-hydrogen) atoms. The Labute approximate surface area is 122 Å². The lowest BCUT2D eigenvalue weighted by Gasteiger charge is -2.10. The van der Waals surface area contributed by atoms with Gasteiger partial charge in [0.15, 0.2) is 4.96 Å². The normalized spacial score (nSPS) is 12.9. The molecule has 3 nitrogen and oxygen atoms in total. The monoisotopic (exact) mass is 286 g/mol. The lowest BCUT2D eigenvalue weighted by molar-refractivity contribution is 0.174. The lowest BCUT2D eigenvalue weighted by atomic mass is 10.0. The van der Waals surface area contributed by atoms with E-state index in [0.717, 1.165) is 10.7 Å². The fourth-order valence-electron chi connectivity index (χ4n) is 2.39. The van der Waals surface area contributed by atoms with Crippen LogP contribution in [0.4, 0.5) is 0 Å². The van der Waals surface area contributed by atoms with Crippen molar-refractivity contribution >= 4 is 16.3 Å². The SMILES string of the molecule is Cc1ccc(CC(O)Cc2cn3ccsc3n2)cc1C. The van der Waals surface area contributed by atoms with E-state index in [1.165, 1.54) is 16.7 Å². The van der Waals surface area contributed by atoms with Crippen molar-refractivity contribution in [3.8, 4) is 0 Å². The summed E-state index contributed by atoms with van der Waals surface area (Å²) in [6.07, 6.45) is 4.87. The predicted molar refractivity (Wildman–Crippen MR) is 82.4 cm³/mol. The average Bonchev–Trinajstić information content (AvgIpc) is 2.94. The number of aryl methyl sites for hydroxylation is 2. The molecule has 2 heterocycles. The standard InChI is InChI=1S/C16H18N2OS/c1-11-3-4-13(7-12(11)2)8-15(19)9-14-10-18-5-6-20-16(18)17-14/h3-7,10,15,19H,8-9H2,1-2H3. The van der Waals surface area contributed by atoms with Gasteiger partial charge in [-0.1, -0.05) is 18.2 Å². The van der Waals surface area contributed by atoms with Crippen LogP contribution in [0.2, 0.25) is 0 Å². The lowest BCUT2D eigenvalue weighted by Crippen LogP contribution is -2.14. The molecule has 104 valence electrons. The minimum atomic E-state index is -0.387. The summed E-state index contributed by atoms with van der Waals surface area (Å²) in [6, 6.07) is 6.37. The molecule has 4 heteroatoms. The number of rotatable bonds is 4. The Bertz CT molecular complexity index is 700. The second-order valence-corrected chi connectivity index (χ2v) is 6.18. The van der Waals surface area contributed by atoms with E-state index in [0.29, 0.717) is 12.8 Å². The van der Waals surface area contributed by atoms with E-state index < -0.39 is 0 Å². The van der Waals surface area contributed by atoms with Gasteiger partial charge in [0, 0.05) is 24.2 Å². The number of aromatic nitrogens is 2. The summed E-state index contributed by atoms with van der Waals surface area (Å²) in [4.78, 5) is 5.49. The van der Waals surface area contributed by atoms with Gasteiger partial charge >= 0.3 is 0 Å². The topological polar surface area (TPSA) is 37.5 Å². The van der Waals surface area contributed by atoms with Gasteiger partial charge in [-0.3, -0.25) is 4.40 Å². The van der Waals surface area contributed by atoms with Crippen molar-refractivity contribution in [2.45, 2.75) is 32.8 Å². The third-order valence-electron chi connectivity index (χ3n) is 3.63. The largest absolute Gasteiger partial charge is 0.392 e. The van der Waals surface area contributed by atoms with Crippen LogP contribution in [-0.4, -0.2) is 20.6 Å². The van der Waals surface area contributed by atoms with Crippen LogP contribution in [0.25, 0.3) is 4.96 Å². The molecule has 0 aliphatic heterocycles. The number of hydrogen-bond acceptors (Lipinski definition) is 3. The van der Waals surface area contributed by atoms with Crippen LogP contribution >= 0.6 is 11.3 Å². The Morgan fingerprint density at radius 1 is 1.25 bits per heavy atom. The Balaban J connectivity index is 1.68. The number of benzene rings is 1. The van der Waals surface area contributed by atoms with Crippen LogP contribution in [0, 0.1) is 13.8 Å². The second-order valence-electron chi connectivity index (χ2n) is 5.31. The van der Waals surface area contributed by atoms with Crippen LogP contribution in [-0.2, 0) is 12.8 Å².